The van der Waals surface area contributed by atoms with Crippen LogP contribution in [0.15, 0.2) is 69.1 Å². The molecule has 3 aromatic rings. The number of carbonyl (C=O) groups is 1. The molecule has 7 nitrogen and oxygen atoms in total. The maximum atomic E-state index is 13.0. The second-order valence-corrected chi connectivity index (χ2v) is 9.13. The van der Waals surface area contributed by atoms with Gasteiger partial charge in [0.15, 0.2) is 5.75 Å². The molecule has 0 aliphatic rings. The van der Waals surface area contributed by atoms with Crippen molar-refractivity contribution in [1.29, 1.82) is 5.26 Å². The van der Waals surface area contributed by atoms with Gasteiger partial charge < -0.3 is 10.1 Å². The van der Waals surface area contributed by atoms with Crippen LogP contribution < -0.4 is 10.1 Å². The van der Waals surface area contributed by atoms with E-state index in [2.05, 4.69) is 37.2 Å². The lowest BCUT2D eigenvalue weighted by Crippen LogP contribution is -2.13. The number of nitro groups is 1. The summed E-state index contributed by atoms with van der Waals surface area (Å²) in [5.41, 5.74) is -1.54. The first-order valence-electron chi connectivity index (χ1n) is 9.60. The number of anilines is 1. The summed E-state index contributed by atoms with van der Waals surface area (Å²) in [4.78, 5) is 22.8. The Balaban J connectivity index is 1.91. The zero-order chi connectivity index (χ0) is 26.6. The lowest BCUT2D eigenvalue weighted by Gasteiger charge is -2.13. The topological polar surface area (TPSA) is 105 Å². The lowest BCUT2D eigenvalue weighted by atomic mass is 10.1. The van der Waals surface area contributed by atoms with Crippen molar-refractivity contribution in [1.82, 2.24) is 0 Å². The fraction of sp³-hybridized carbons (Fsp3) is 0.0435. The van der Waals surface area contributed by atoms with Crippen molar-refractivity contribution >= 4 is 66.8 Å². The maximum Gasteiger partial charge on any atom is 0.416 e. The molecule has 0 radical (unpaired) electrons. The molecule has 0 saturated heterocycles. The number of nitrogens with one attached hydrogen (secondary N) is 1. The lowest BCUT2D eigenvalue weighted by molar-refractivity contribution is -0.385. The second-order valence-electron chi connectivity index (χ2n) is 6.99. The quantitative estimate of drug-likeness (QED) is 0.126. The Labute approximate surface area is 223 Å². The first-order chi connectivity index (χ1) is 16.9. The molecule has 0 unspecified atom stereocenters. The van der Waals surface area contributed by atoms with E-state index >= 15 is 0 Å². The van der Waals surface area contributed by atoms with Crippen molar-refractivity contribution in [3.63, 3.8) is 0 Å². The van der Waals surface area contributed by atoms with E-state index in [1.807, 2.05) is 0 Å². The van der Waals surface area contributed by atoms with Gasteiger partial charge in [0.25, 0.3) is 5.91 Å². The molecule has 0 saturated carbocycles. The van der Waals surface area contributed by atoms with Gasteiger partial charge in [0.2, 0.25) is 5.75 Å². The van der Waals surface area contributed by atoms with Crippen molar-refractivity contribution < 1.29 is 27.6 Å². The van der Waals surface area contributed by atoms with Crippen molar-refractivity contribution in [3.8, 4) is 17.6 Å². The Morgan fingerprint density at radius 3 is 2.36 bits per heavy atom. The minimum Gasteiger partial charge on any atom is -0.448 e. The van der Waals surface area contributed by atoms with Gasteiger partial charge in [0.1, 0.15) is 11.6 Å². The number of benzene rings is 3. The van der Waals surface area contributed by atoms with E-state index in [-0.39, 0.29) is 20.3 Å². The molecule has 0 aliphatic carbocycles. The van der Waals surface area contributed by atoms with Crippen LogP contribution in [0, 0.1) is 21.4 Å². The van der Waals surface area contributed by atoms with E-state index in [9.17, 15) is 33.3 Å². The van der Waals surface area contributed by atoms with Crippen LogP contribution in [0.5, 0.6) is 11.5 Å². The third-order valence-electron chi connectivity index (χ3n) is 4.47. The number of ether oxygens (including phenoxy) is 1. The Morgan fingerprint density at radius 1 is 1.14 bits per heavy atom. The van der Waals surface area contributed by atoms with E-state index in [1.165, 1.54) is 24.3 Å². The van der Waals surface area contributed by atoms with Crippen LogP contribution in [-0.4, -0.2) is 10.8 Å². The predicted octanol–water partition coefficient (Wildman–Crippen LogP) is 8.13. The minimum atomic E-state index is -4.77. The van der Waals surface area contributed by atoms with E-state index in [1.54, 1.807) is 24.3 Å². The highest BCUT2D eigenvalue weighted by molar-refractivity contribution is 9.11. The molecule has 0 bridgehead atoms. The van der Waals surface area contributed by atoms with Crippen molar-refractivity contribution in [2.75, 3.05) is 5.32 Å². The fourth-order valence-corrected chi connectivity index (χ4v) is 4.45. The van der Waals surface area contributed by atoms with Gasteiger partial charge in [0.05, 0.1) is 19.4 Å². The van der Waals surface area contributed by atoms with E-state index in [0.717, 1.165) is 6.07 Å². The first-order valence-corrected chi connectivity index (χ1v) is 11.6. The predicted molar refractivity (Wildman–Crippen MR) is 134 cm³/mol. The summed E-state index contributed by atoms with van der Waals surface area (Å²) in [6.07, 6.45) is -3.48. The molecule has 0 atom stereocenters. The van der Waals surface area contributed by atoms with Gasteiger partial charge in [-0.1, -0.05) is 17.7 Å². The molecule has 184 valence electrons. The number of nitro benzene ring substituents is 1. The normalized spacial score (nSPS) is 11.5. The van der Waals surface area contributed by atoms with Gasteiger partial charge in [0, 0.05) is 16.8 Å². The van der Waals surface area contributed by atoms with Crippen LogP contribution in [0.2, 0.25) is 5.02 Å². The summed E-state index contributed by atoms with van der Waals surface area (Å²) in [6, 6.07) is 13.0. The number of amides is 1. The Morgan fingerprint density at radius 2 is 1.81 bits per heavy atom. The van der Waals surface area contributed by atoms with Gasteiger partial charge in [-0.2, -0.15) is 18.4 Å². The van der Waals surface area contributed by atoms with Crippen LogP contribution in [0.4, 0.5) is 24.5 Å². The highest BCUT2D eigenvalue weighted by atomic mass is 79.9. The molecule has 0 fully saturated rings. The summed E-state index contributed by atoms with van der Waals surface area (Å²) >= 11 is 12.4. The molecule has 36 heavy (non-hydrogen) atoms. The average Bonchev–Trinajstić information content (AvgIpc) is 2.79. The number of rotatable bonds is 6. The molecular weight excluding hydrogens is 635 g/mol. The van der Waals surface area contributed by atoms with Crippen LogP contribution in [0.1, 0.15) is 11.1 Å². The summed E-state index contributed by atoms with van der Waals surface area (Å²) in [6.45, 7) is 0. The summed E-state index contributed by atoms with van der Waals surface area (Å²) < 4.78 is 44.9. The molecule has 1 amide bonds. The van der Waals surface area contributed by atoms with Crippen LogP contribution >= 0.6 is 43.5 Å². The fourth-order valence-electron chi connectivity index (χ4n) is 2.87. The molecule has 0 spiro atoms. The van der Waals surface area contributed by atoms with Gasteiger partial charge in [-0.3, -0.25) is 14.9 Å². The number of nitriles is 1. The van der Waals surface area contributed by atoms with Crippen LogP contribution in [0.25, 0.3) is 6.08 Å². The van der Waals surface area contributed by atoms with E-state index in [0.29, 0.717) is 28.4 Å². The highest BCUT2D eigenvalue weighted by Gasteiger charge is 2.33. The monoisotopic (exact) mass is 643 g/mol. The standard InChI is InChI=1S/C23H11Br2ClF3N3O4/c24-17-7-12(6-13(11-30)22(33)31-16-3-1-2-15(26)10-16)8-18(25)21(17)36-20-5-4-14(23(27,28)29)9-19(20)32(34)35/h1-10H,(H,31,33)/b13-6+. The third-order valence-corrected chi connectivity index (χ3v) is 5.89. The van der Waals surface area contributed by atoms with Crippen molar-refractivity contribution in [2.45, 2.75) is 6.18 Å². The number of alkyl halides is 3. The van der Waals surface area contributed by atoms with Crippen molar-refractivity contribution in [2.24, 2.45) is 0 Å². The molecule has 3 rings (SSSR count). The maximum absolute atomic E-state index is 13.0. The molecule has 3 aromatic carbocycles. The molecule has 0 aliphatic heterocycles. The molecule has 0 aromatic heterocycles. The first kappa shape index (κ1) is 27.2. The number of nitrogens with zero attached hydrogens (tertiary/aromatic N) is 2. The second kappa shape index (κ2) is 11.1. The Kier molecular flexibility index (Phi) is 8.39. The zero-order valence-electron chi connectivity index (χ0n) is 17.6. The SMILES string of the molecule is N#C/C(=C\c1cc(Br)c(Oc2ccc(C(F)(F)F)cc2[N+](=O)[O-])c(Br)c1)C(=O)Nc1cccc(Cl)c1. The Bertz CT molecular complexity index is 1420. The summed E-state index contributed by atoms with van der Waals surface area (Å²) in [7, 11) is 0. The van der Waals surface area contributed by atoms with Crippen LogP contribution in [-0.2, 0) is 11.0 Å². The number of carbonyl (C=O) groups excluding carboxylic acids is 1. The van der Waals surface area contributed by atoms with Gasteiger partial charge in [-0.25, -0.2) is 0 Å². The van der Waals surface area contributed by atoms with Gasteiger partial charge in [-0.15, -0.1) is 0 Å². The summed E-state index contributed by atoms with van der Waals surface area (Å²) in [5, 5.41) is 23.7. The highest BCUT2D eigenvalue weighted by Crippen LogP contribution is 2.42. The molecular formula is C23H11Br2ClF3N3O4. The van der Waals surface area contributed by atoms with Crippen LogP contribution in [0.3, 0.4) is 0 Å². The number of halogens is 6. The van der Waals surface area contributed by atoms with E-state index < -0.39 is 34.0 Å². The zero-order valence-corrected chi connectivity index (χ0v) is 21.5. The van der Waals surface area contributed by atoms with E-state index in [4.69, 9.17) is 16.3 Å². The van der Waals surface area contributed by atoms with Crippen molar-refractivity contribution in [3.05, 3.63) is 95.4 Å². The number of hydrogen-bond donors (Lipinski definition) is 1. The molecule has 0 heterocycles. The molecule has 13 heteroatoms. The van der Waals surface area contributed by atoms with Gasteiger partial charge in [-0.05, 0) is 86.0 Å². The number of hydrogen-bond acceptors (Lipinski definition) is 5. The smallest absolute Gasteiger partial charge is 0.416 e. The Hall–Kier alpha value is -3.40. The minimum absolute atomic E-state index is 0.0249. The largest absolute Gasteiger partial charge is 0.448 e. The molecule has 1 N–H and O–H groups in total. The van der Waals surface area contributed by atoms with Gasteiger partial charge >= 0.3 is 11.9 Å². The third kappa shape index (κ3) is 6.63. The average molecular weight is 646 g/mol. The summed E-state index contributed by atoms with van der Waals surface area (Å²) in [5.74, 6) is -1.08.